The Labute approximate surface area is 52.7 Å². The van der Waals surface area contributed by atoms with E-state index in [9.17, 15) is 0 Å². The Balaban J connectivity index is 3.62. The summed E-state index contributed by atoms with van der Waals surface area (Å²) in [7, 11) is -1.01. The summed E-state index contributed by atoms with van der Waals surface area (Å²) in [5.74, 6) is 0. The first-order valence-corrected chi connectivity index (χ1v) is 6.67. The highest BCUT2D eigenvalue weighted by atomic mass is 28.3. The summed E-state index contributed by atoms with van der Waals surface area (Å²) in [5, 5.41) is 8.71. The van der Waals surface area contributed by atoms with E-state index in [1.54, 1.807) is 0 Å². The highest BCUT2D eigenvalue weighted by Gasteiger charge is 2.20. The number of hydrogen-bond donors (Lipinski definition) is 1. The normalized spacial score (nSPS) is 16.1. The summed E-state index contributed by atoms with van der Waals surface area (Å²) < 4.78 is 0. The molecule has 0 rings (SSSR count). The molecule has 0 radical (unpaired) electrons. The van der Waals surface area contributed by atoms with Gasteiger partial charge in [0.25, 0.3) is 0 Å². The lowest BCUT2D eigenvalue weighted by Gasteiger charge is -2.22. The van der Waals surface area contributed by atoms with E-state index in [-0.39, 0.29) is 0 Å². The summed E-state index contributed by atoms with van der Waals surface area (Å²) in [6.07, 6.45) is 0. The van der Waals surface area contributed by atoms with Crippen LogP contribution in [0.3, 0.4) is 0 Å². The van der Waals surface area contributed by atoms with Gasteiger partial charge in [-0.3, -0.25) is 0 Å². The highest BCUT2D eigenvalue weighted by Crippen LogP contribution is 2.18. The Morgan fingerprint density at radius 2 is 1.75 bits per heavy atom. The van der Waals surface area contributed by atoms with Crippen molar-refractivity contribution in [3.05, 3.63) is 0 Å². The second kappa shape index (κ2) is 2.64. The Morgan fingerprint density at radius 1 is 1.38 bits per heavy atom. The van der Waals surface area contributed by atoms with E-state index in [1.807, 2.05) is 0 Å². The van der Waals surface area contributed by atoms with Gasteiger partial charge in [-0.15, -0.1) is 0 Å². The average molecular weight is 132 g/mol. The fourth-order valence-electron chi connectivity index (χ4n) is 0.274. The first-order valence-electron chi connectivity index (χ1n) is 3.09. The van der Waals surface area contributed by atoms with E-state index in [1.165, 1.54) is 0 Å². The minimum atomic E-state index is -1.01. The van der Waals surface area contributed by atoms with Crippen molar-refractivity contribution in [1.29, 1.82) is 0 Å². The maximum atomic E-state index is 8.71. The van der Waals surface area contributed by atoms with Crippen molar-refractivity contribution < 1.29 is 5.11 Å². The molecule has 8 heavy (non-hydrogen) atoms. The molecule has 0 amide bonds. The molecule has 0 aliphatic rings. The largest absolute Gasteiger partial charge is 0.396 e. The van der Waals surface area contributed by atoms with Crippen LogP contribution >= 0.6 is 0 Å². The molecular weight excluding hydrogens is 116 g/mol. The number of aliphatic hydroxyl groups excluding tert-OH is 1. The number of aliphatic hydroxyl groups is 1. The smallest absolute Gasteiger partial charge is 0.0496 e. The molecule has 0 spiro atoms. The van der Waals surface area contributed by atoms with Crippen LogP contribution in [0, 0.1) is 0 Å². The zero-order chi connectivity index (χ0) is 6.78. The molecule has 1 nitrogen and oxygen atoms in total. The Morgan fingerprint density at radius 3 is 1.75 bits per heavy atom. The third-order valence-corrected chi connectivity index (χ3v) is 4.89. The topological polar surface area (TPSA) is 20.2 Å². The van der Waals surface area contributed by atoms with Crippen molar-refractivity contribution in [2.45, 2.75) is 32.1 Å². The van der Waals surface area contributed by atoms with Crippen molar-refractivity contribution in [2.75, 3.05) is 6.61 Å². The third kappa shape index (κ3) is 2.48. The summed E-state index contributed by atoms with van der Waals surface area (Å²) in [4.78, 5) is 0. The van der Waals surface area contributed by atoms with Gasteiger partial charge in [0.15, 0.2) is 0 Å². The van der Waals surface area contributed by atoms with Crippen LogP contribution in [0.2, 0.25) is 25.2 Å². The molecule has 0 aromatic heterocycles. The van der Waals surface area contributed by atoms with Crippen LogP contribution in [0.15, 0.2) is 0 Å². The van der Waals surface area contributed by atoms with Crippen molar-refractivity contribution in [3.8, 4) is 0 Å². The van der Waals surface area contributed by atoms with Crippen LogP contribution < -0.4 is 0 Å². The van der Waals surface area contributed by atoms with Crippen LogP contribution in [0.4, 0.5) is 0 Å². The van der Waals surface area contributed by atoms with Gasteiger partial charge < -0.3 is 5.11 Å². The van der Waals surface area contributed by atoms with Gasteiger partial charge in [-0.2, -0.15) is 0 Å². The van der Waals surface area contributed by atoms with Gasteiger partial charge in [0.2, 0.25) is 0 Å². The Hall–Kier alpha value is 0.177. The van der Waals surface area contributed by atoms with Crippen LogP contribution in [-0.2, 0) is 0 Å². The van der Waals surface area contributed by atoms with Gasteiger partial charge in [0.05, 0.1) is 0 Å². The van der Waals surface area contributed by atoms with Crippen LogP contribution in [-0.4, -0.2) is 19.8 Å². The fourth-order valence-corrected chi connectivity index (χ4v) is 0.822. The van der Waals surface area contributed by atoms with Crippen LogP contribution in [0.1, 0.15) is 6.92 Å². The number of hydrogen-bond acceptors (Lipinski definition) is 1. The molecule has 0 saturated heterocycles. The fraction of sp³-hybridized carbons (Fsp3) is 1.00. The summed E-state index contributed by atoms with van der Waals surface area (Å²) >= 11 is 0. The molecule has 0 fully saturated rings. The third-order valence-electron chi connectivity index (χ3n) is 1.75. The quantitative estimate of drug-likeness (QED) is 0.567. The molecule has 1 N–H and O–H groups in total. The van der Waals surface area contributed by atoms with E-state index in [0.29, 0.717) is 12.1 Å². The molecular formula is C6H16OSi. The molecule has 50 valence electrons. The van der Waals surface area contributed by atoms with Crippen molar-refractivity contribution in [2.24, 2.45) is 0 Å². The van der Waals surface area contributed by atoms with Crippen molar-refractivity contribution >= 4 is 8.07 Å². The lowest BCUT2D eigenvalue weighted by atomic mass is 10.5. The van der Waals surface area contributed by atoms with E-state index in [2.05, 4.69) is 26.6 Å². The lowest BCUT2D eigenvalue weighted by molar-refractivity contribution is 0.292. The lowest BCUT2D eigenvalue weighted by Crippen LogP contribution is -2.28. The molecule has 0 saturated carbocycles. The maximum absolute atomic E-state index is 8.71. The predicted molar refractivity (Wildman–Crippen MR) is 39.9 cm³/mol. The number of rotatable bonds is 2. The molecule has 0 aromatic rings. The molecule has 0 aliphatic heterocycles. The Bertz CT molecular complexity index is 65.4. The van der Waals surface area contributed by atoms with Gasteiger partial charge >= 0.3 is 0 Å². The molecule has 2 heteroatoms. The SMILES string of the molecule is C[C@@H](CO)[Si](C)(C)C. The van der Waals surface area contributed by atoms with E-state index in [0.717, 1.165) is 0 Å². The van der Waals surface area contributed by atoms with Gasteiger partial charge in [-0.1, -0.05) is 26.6 Å². The van der Waals surface area contributed by atoms with Gasteiger partial charge in [0.1, 0.15) is 0 Å². The minimum absolute atomic E-state index is 0.357. The molecule has 0 unspecified atom stereocenters. The molecule has 1 atom stereocenters. The second-order valence-corrected chi connectivity index (χ2v) is 9.17. The van der Waals surface area contributed by atoms with Crippen molar-refractivity contribution in [3.63, 3.8) is 0 Å². The zero-order valence-corrected chi connectivity index (χ0v) is 7.23. The minimum Gasteiger partial charge on any atom is -0.396 e. The highest BCUT2D eigenvalue weighted by molar-refractivity contribution is 6.77. The zero-order valence-electron chi connectivity index (χ0n) is 6.23. The maximum Gasteiger partial charge on any atom is 0.0496 e. The van der Waals surface area contributed by atoms with Gasteiger partial charge in [0, 0.05) is 14.7 Å². The van der Waals surface area contributed by atoms with Crippen LogP contribution in [0.25, 0.3) is 0 Å². The first-order chi connectivity index (χ1) is 3.48. The Kier molecular flexibility index (Phi) is 2.70. The molecule has 0 aromatic carbocycles. The summed E-state index contributed by atoms with van der Waals surface area (Å²) in [6, 6.07) is 0. The van der Waals surface area contributed by atoms with Crippen molar-refractivity contribution in [1.82, 2.24) is 0 Å². The monoisotopic (exact) mass is 132 g/mol. The summed E-state index contributed by atoms with van der Waals surface area (Å²) in [6.45, 7) is 9.29. The molecule has 0 heterocycles. The second-order valence-electron chi connectivity index (χ2n) is 3.45. The first kappa shape index (κ1) is 8.18. The average Bonchev–Trinajstić information content (AvgIpc) is 1.62. The molecule has 0 bridgehead atoms. The van der Waals surface area contributed by atoms with E-state index >= 15 is 0 Å². The van der Waals surface area contributed by atoms with E-state index in [4.69, 9.17) is 5.11 Å². The standard InChI is InChI=1S/C6H16OSi/c1-6(5-7)8(2,3)4/h6-7H,5H2,1-4H3/t6-/m0/s1. The van der Waals surface area contributed by atoms with Gasteiger partial charge in [-0.25, -0.2) is 0 Å². The predicted octanol–water partition coefficient (Wildman–Crippen LogP) is 1.71. The van der Waals surface area contributed by atoms with E-state index < -0.39 is 8.07 Å². The summed E-state index contributed by atoms with van der Waals surface area (Å²) in [5.41, 5.74) is 0.544. The molecule has 0 aliphatic carbocycles. The van der Waals surface area contributed by atoms with Crippen LogP contribution in [0.5, 0.6) is 0 Å². The van der Waals surface area contributed by atoms with Gasteiger partial charge in [-0.05, 0) is 5.54 Å².